The van der Waals surface area contributed by atoms with Gasteiger partial charge in [-0.1, -0.05) is 12.1 Å². The fourth-order valence-corrected chi connectivity index (χ4v) is 2.86. The molecule has 0 aliphatic carbocycles. The number of anilines is 1. The van der Waals surface area contributed by atoms with Gasteiger partial charge < -0.3 is 15.4 Å². The van der Waals surface area contributed by atoms with Crippen molar-refractivity contribution in [2.75, 3.05) is 11.9 Å². The van der Waals surface area contributed by atoms with Gasteiger partial charge in [0.05, 0.1) is 6.20 Å². The van der Waals surface area contributed by atoms with Crippen molar-refractivity contribution < 1.29 is 14.3 Å². The first kappa shape index (κ1) is 18.1. The molecule has 1 unspecified atom stereocenters. The summed E-state index contributed by atoms with van der Waals surface area (Å²) >= 11 is 0. The first-order valence-electron chi connectivity index (χ1n) is 8.87. The van der Waals surface area contributed by atoms with E-state index in [2.05, 4.69) is 15.7 Å². The molecule has 1 aromatic carbocycles. The number of aryl methyl sites for hydroxylation is 2. The third-order valence-electron chi connectivity index (χ3n) is 4.24. The molecule has 138 valence electrons. The molecule has 7 heteroatoms. The SMILES string of the molecule is Cc1cnn(CCC(=O)NCc2cccc(NC(=O)C3CCCO3)c2)c1. The summed E-state index contributed by atoms with van der Waals surface area (Å²) in [5, 5.41) is 9.93. The zero-order chi connectivity index (χ0) is 18.4. The molecule has 1 aromatic heterocycles. The first-order valence-corrected chi connectivity index (χ1v) is 8.87. The van der Waals surface area contributed by atoms with E-state index in [9.17, 15) is 9.59 Å². The molecule has 3 rings (SSSR count). The summed E-state index contributed by atoms with van der Waals surface area (Å²) in [6.45, 7) is 3.58. The van der Waals surface area contributed by atoms with Crippen LogP contribution in [0.2, 0.25) is 0 Å². The van der Waals surface area contributed by atoms with E-state index >= 15 is 0 Å². The molecule has 2 heterocycles. The lowest BCUT2D eigenvalue weighted by molar-refractivity contribution is -0.124. The van der Waals surface area contributed by atoms with Gasteiger partial charge in [0.15, 0.2) is 0 Å². The number of aromatic nitrogens is 2. The summed E-state index contributed by atoms with van der Waals surface area (Å²) in [4.78, 5) is 24.1. The Labute approximate surface area is 152 Å². The van der Waals surface area contributed by atoms with Crippen LogP contribution in [0.15, 0.2) is 36.7 Å². The summed E-state index contributed by atoms with van der Waals surface area (Å²) in [7, 11) is 0. The topological polar surface area (TPSA) is 85.3 Å². The quantitative estimate of drug-likeness (QED) is 0.795. The average molecular weight is 356 g/mol. The Morgan fingerprint density at radius 3 is 3.00 bits per heavy atom. The van der Waals surface area contributed by atoms with E-state index in [1.54, 1.807) is 10.9 Å². The number of rotatable bonds is 7. The lowest BCUT2D eigenvalue weighted by Crippen LogP contribution is -2.27. The van der Waals surface area contributed by atoms with Crippen molar-refractivity contribution in [3.63, 3.8) is 0 Å². The summed E-state index contributed by atoms with van der Waals surface area (Å²) in [6.07, 6.45) is 5.38. The lowest BCUT2D eigenvalue weighted by atomic mass is 10.2. The van der Waals surface area contributed by atoms with Crippen molar-refractivity contribution in [1.29, 1.82) is 0 Å². The predicted octanol–water partition coefficient (Wildman–Crippen LogP) is 2.02. The van der Waals surface area contributed by atoms with E-state index in [0.29, 0.717) is 31.8 Å². The number of carbonyl (C=O) groups is 2. The zero-order valence-electron chi connectivity index (χ0n) is 14.9. The van der Waals surface area contributed by atoms with Crippen LogP contribution in [0.3, 0.4) is 0 Å². The Bertz CT molecular complexity index is 766. The van der Waals surface area contributed by atoms with Gasteiger partial charge in [0, 0.05) is 38.0 Å². The maximum atomic E-state index is 12.1. The standard InChI is InChI=1S/C19H24N4O3/c1-14-11-21-23(13-14)8-7-18(24)20-12-15-4-2-5-16(10-15)22-19(25)17-6-3-9-26-17/h2,4-5,10-11,13,17H,3,6-9,12H2,1H3,(H,20,24)(H,22,25). The minimum Gasteiger partial charge on any atom is -0.368 e. The highest BCUT2D eigenvalue weighted by Gasteiger charge is 2.23. The van der Waals surface area contributed by atoms with Crippen LogP contribution in [0.1, 0.15) is 30.4 Å². The second-order valence-electron chi connectivity index (χ2n) is 6.50. The van der Waals surface area contributed by atoms with Gasteiger partial charge in [-0.25, -0.2) is 0 Å². The number of carbonyl (C=O) groups excluding carboxylic acids is 2. The van der Waals surface area contributed by atoms with Crippen LogP contribution in [0, 0.1) is 6.92 Å². The monoisotopic (exact) mass is 356 g/mol. The molecule has 2 aromatic rings. The lowest BCUT2D eigenvalue weighted by Gasteiger charge is -2.12. The minimum absolute atomic E-state index is 0.0352. The molecule has 0 bridgehead atoms. The molecule has 1 saturated heterocycles. The summed E-state index contributed by atoms with van der Waals surface area (Å²) < 4.78 is 7.14. The fourth-order valence-electron chi connectivity index (χ4n) is 2.86. The molecule has 1 aliphatic heterocycles. The maximum Gasteiger partial charge on any atom is 0.253 e. The van der Waals surface area contributed by atoms with Crippen molar-refractivity contribution in [2.24, 2.45) is 0 Å². The summed E-state index contributed by atoms with van der Waals surface area (Å²) in [5.74, 6) is -0.148. The molecule has 26 heavy (non-hydrogen) atoms. The molecule has 0 radical (unpaired) electrons. The highest BCUT2D eigenvalue weighted by atomic mass is 16.5. The van der Waals surface area contributed by atoms with E-state index in [1.807, 2.05) is 37.4 Å². The summed E-state index contributed by atoms with van der Waals surface area (Å²) in [6, 6.07) is 7.47. The van der Waals surface area contributed by atoms with Crippen molar-refractivity contribution in [3.8, 4) is 0 Å². The Hall–Kier alpha value is -2.67. The molecule has 0 saturated carbocycles. The van der Waals surface area contributed by atoms with Crippen LogP contribution in [-0.4, -0.2) is 34.3 Å². The molecular weight excluding hydrogens is 332 g/mol. The molecule has 1 fully saturated rings. The number of nitrogens with one attached hydrogen (secondary N) is 2. The van der Waals surface area contributed by atoms with E-state index < -0.39 is 0 Å². The van der Waals surface area contributed by atoms with Gasteiger partial charge in [0.25, 0.3) is 5.91 Å². The second kappa shape index (κ2) is 8.62. The highest BCUT2D eigenvalue weighted by molar-refractivity contribution is 5.94. The number of nitrogens with zero attached hydrogens (tertiary/aromatic N) is 2. The highest BCUT2D eigenvalue weighted by Crippen LogP contribution is 2.16. The number of hydrogen-bond acceptors (Lipinski definition) is 4. The van der Waals surface area contributed by atoms with Gasteiger partial charge in [0.2, 0.25) is 5.91 Å². The van der Waals surface area contributed by atoms with E-state index in [1.165, 1.54) is 0 Å². The molecule has 0 spiro atoms. The van der Waals surface area contributed by atoms with Crippen LogP contribution in [0.5, 0.6) is 0 Å². The Morgan fingerprint density at radius 2 is 2.27 bits per heavy atom. The van der Waals surface area contributed by atoms with Crippen LogP contribution >= 0.6 is 0 Å². The largest absolute Gasteiger partial charge is 0.368 e. The van der Waals surface area contributed by atoms with Gasteiger partial charge in [-0.2, -0.15) is 5.10 Å². The van der Waals surface area contributed by atoms with E-state index in [-0.39, 0.29) is 17.9 Å². The van der Waals surface area contributed by atoms with Crippen molar-refractivity contribution >= 4 is 17.5 Å². The van der Waals surface area contributed by atoms with Gasteiger partial charge >= 0.3 is 0 Å². The predicted molar refractivity (Wildman–Crippen MR) is 97.5 cm³/mol. The molecule has 1 atom stereocenters. The number of benzene rings is 1. The summed E-state index contributed by atoms with van der Waals surface area (Å²) in [5.41, 5.74) is 2.72. The van der Waals surface area contributed by atoms with Crippen LogP contribution in [-0.2, 0) is 27.4 Å². The first-order chi connectivity index (χ1) is 12.6. The molecule has 2 N–H and O–H groups in total. The molecule has 7 nitrogen and oxygen atoms in total. The smallest absolute Gasteiger partial charge is 0.253 e. The van der Waals surface area contributed by atoms with Crippen molar-refractivity contribution in [2.45, 2.75) is 45.4 Å². The van der Waals surface area contributed by atoms with Gasteiger partial charge in [0.1, 0.15) is 6.10 Å². The van der Waals surface area contributed by atoms with Crippen LogP contribution < -0.4 is 10.6 Å². The average Bonchev–Trinajstić information content (AvgIpc) is 3.30. The second-order valence-corrected chi connectivity index (χ2v) is 6.50. The number of ether oxygens (including phenoxy) is 1. The van der Waals surface area contributed by atoms with Crippen molar-refractivity contribution in [1.82, 2.24) is 15.1 Å². The van der Waals surface area contributed by atoms with Crippen LogP contribution in [0.4, 0.5) is 5.69 Å². The third-order valence-corrected chi connectivity index (χ3v) is 4.24. The molecular formula is C19H24N4O3. The minimum atomic E-state index is -0.357. The zero-order valence-corrected chi connectivity index (χ0v) is 14.9. The third kappa shape index (κ3) is 5.16. The normalized spacial score (nSPS) is 16.4. The van der Waals surface area contributed by atoms with Gasteiger partial charge in [-0.05, 0) is 43.0 Å². The van der Waals surface area contributed by atoms with Crippen LogP contribution in [0.25, 0.3) is 0 Å². The van der Waals surface area contributed by atoms with E-state index in [0.717, 1.165) is 24.0 Å². The Morgan fingerprint density at radius 1 is 1.38 bits per heavy atom. The van der Waals surface area contributed by atoms with Gasteiger partial charge in [-0.15, -0.1) is 0 Å². The Balaban J connectivity index is 1.45. The van der Waals surface area contributed by atoms with E-state index in [4.69, 9.17) is 4.74 Å². The number of amides is 2. The van der Waals surface area contributed by atoms with Crippen molar-refractivity contribution in [3.05, 3.63) is 47.8 Å². The maximum absolute atomic E-state index is 12.1. The number of hydrogen-bond donors (Lipinski definition) is 2. The Kier molecular flexibility index (Phi) is 6.01. The molecule has 1 aliphatic rings. The molecule has 2 amide bonds. The van der Waals surface area contributed by atoms with Gasteiger partial charge in [-0.3, -0.25) is 14.3 Å². The fraction of sp³-hybridized carbons (Fsp3) is 0.421.